The van der Waals surface area contributed by atoms with Crippen molar-refractivity contribution in [3.63, 3.8) is 0 Å². The van der Waals surface area contributed by atoms with Gasteiger partial charge in [-0.25, -0.2) is 4.79 Å². The van der Waals surface area contributed by atoms with Gasteiger partial charge < -0.3 is 19.5 Å². The lowest BCUT2D eigenvalue weighted by molar-refractivity contribution is -0.123. The van der Waals surface area contributed by atoms with E-state index in [2.05, 4.69) is 5.32 Å². The molecule has 130 valence electrons. The standard InChI is InChI=1S/C17H13Cl2NO5/c1-9(16(21)20-13-7-11(18)3-4-12(13)19)25-17(22)10-2-5-14-15(6-10)24-8-23-14/h2-7,9H,8H2,1H3,(H,20,21). The lowest BCUT2D eigenvalue weighted by Crippen LogP contribution is -2.30. The summed E-state index contributed by atoms with van der Waals surface area (Å²) in [5.41, 5.74) is 0.592. The van der Waals surface area contributed by atoms with Gasteiger partial charge in [0.25, 0.3) is 5.91 Å². The Bertz CT molecular complexity index is 840. The summed E-state index contributed by atoms with van der Waals surface area (Å²) in [6.07, 6.45) is -1.03. The summed E-state index contributed by atoms with van der Waals surface area (Å²) in [7, 11) is 0. The number of carbonyl (C=O) groups excluding carboxylic acids is 2. The van der Waals surface area contributed by atoms with Gasteiger partial charge in [-0.05, 0) is 43.3 Å². The van der Waals surface area contributed by atoms with Crippen molar-refractivity contribution < 1.29 is 23.8 Å². The van der Waals surface area contributed by atoms with Crippen molar-refractivity contribution in [3.05, 3.63) is 52.0 Å². The largest absolute Gasteiger partial charge is 0.454 e. The number of amides is 1. The van der Waals surface area contributed by atoms with E-state index in [4.69, 9.17) is 37.4 Å². The highest BCUT2D eigenvalue weighted by atomic mass is 35.5. The van der Waals surface area contributed by atoms with Crippen LogP contribution >= 0.6 is 23.2 Å². The zero-order valence-electron chi connectivity index (χ0n) is 13.0. The van der Waals surface area contributed by atoms with Gasteiger partial charge in [0.2, 0.25) is 6.79 Å². The fraction of sp³-hybridized carbons (Fsp3) is 0.176. The van der Waals surface area contributed by atoms with E-state index in [-0.39, 0.29) is 12.4 Å². The molecule has 1 unspecified atom stereocenters. The van der Waals surface area contributed by atoms with Crippen molar-refractivity contribution in [2.75, 3.05) is 12.1 Å². The maximum Gasteiger partial charge on any atom is 0.339 e. The summed E-state index contributed by atoms with van der Waals surface area (Å²) >= 11 is 11.9. The Morgan fingerprint density at radius 1 is 1.12 bits per heavy atom. The Morgan fingerprint density at radius 2 is 1.88 bits per heavy atom. The first kappa shape index (κ1) is 17.4. The van der Waals surface area contributed by atoms with Crippen LogP contribution in [0.1, 0.15) is 17.3 Å². The zero-order valence-corrected chi connectivity index (χ0v) is 14.6. The van der Waals surface area contributed by atoms with Gasteiger partial charge in [-0.15, -0.1) is 0 Å². The Labute approximate surface area is 153 Å². The third-order valence-electron chi connectivity index (χ3n) is 3.45. The van der Waals surface area contributed by atoms with Crippen molar-refractivity contribution in [3.8, 4) is 11.5 Å². The third kappa shape index (κ3) is 3.97. The number of benzene rings is 2. The topological polar surface area (TPSA) is 73.9 Å². The molecule has 0 saturated heterocycles. The quantitative estimate of drug-likeness (QED) is 0.812. The Hall–Kier alpha value is -2.44. The number of halogens is 2. The van der Waals surface area contributed by atoms with Gasteiger partial charge in [-0.3, -0.25) is 4.79 Å². The first-order chi connectivity index (χ1) is 11.9. The molecule has 1 heterocycles. The molecule has 0 aliphatic carbocycles. The van der Waals surface area contributed by atoms with E-state index in [0.717, 1.165) is 0 Å². The average Bonchev–Trinajstić information content (AvgIpc) is 3.05. The maximum atomic E-state index is 12.2. The fourth-order valence-corrected chi connectivity index (χ4v) is 2.47. The van der Waals surface area contributed by atoms with Crippen LogP contribution in [0.15, 0.2) is 36.4 Å². The Kier molecular flexibility index (Phi) is 5.01. The second-order valence-electron chi connectivity index (χ2n) is 5.23. The Balaban J connectivity index is 1.64. The number of ether oxygens (including phenoxy) is 3. The minimum Gasteiger partial charge on any atom is -0.454 e. The summed E-state index contributed by atoms with van der Waals surface area (Å²) < 4.78 is 15.6. The van der Waals surface area contributed by atoms with Gasteiger partial charge in [0.1, 0.15) is 0 Å². The molecule has 6 nitrogen and oxygen atoms in total. The van der Waals surface area contributed by atoms with E-state index in [0.29, 0.717) is 27.2 Å². The molecule has 2 aromatic carbocycles. The minimum atomic E-state index is -1.03. The fourth-order valence-electron chi connectivity index (χ4n) is 2.13. The van der Waals surface area contributed by atoms with Gasteiger partial charge >= 0.3 is 5.97 Å². The predicted molar refractivity (Wildman–Crippen MR) is 92.5 cm³/mol. The first-order valence-electron chi connectivity index (χ1n) is 7.30. The SMILES string of the molecule is CC(OC(=O)c1ccc2c(c1)OCO2)C(=O)Nc1cc(Cl)ccc1Cl. The predicted octanol–water partition coefficient (Wildman–Crippen LogP) is 3.91. The number of hydrogen-bond donors (Lipinski definition) is 1. The smallest absolute Gasteiger partial charge is 0.339 e. The highest BCUT2D eigenvalue weighted by Crippen LogP contribution is 2.32. The van der Waals surface area contributed by atoms with E-state index in [1.807, 2.05) is 0 Å². The molecule has 1 aliphatic rings. The lowest BCUT2D eigenvalue weighted by atomic mass is 10.2. The van der Waals surface area contributed by atoms with Crippen molar-refractivity contribution in [1.29, 1.82) is 0 Å². The number of esters is 1. The molecule has 0 spiro atoms. The number of rotatable bonds is 4. The van der Waals surface area contributed by atoms with Gasteiger partial charge in [-0.1, -0.05) is 23.2 Å². The molecule has 1 amide bonds. The highest BCUT2D eigenvalue weighted by molar-refractivity contribution is 6.35. The summed E-state index contributed by atoms with van der Waals surface area (Å²) in [6, 6.07) is 9.31. The maximum absolute atomic E-state index is 12.2. The van der Waals surface area contributed by atoms with Gasteiger partial charge in [0.15, 0.2) is 17.6 Å². The average molecular weight is 382 g/mol. The molecule has 1 atom stereocenters. The second-order valence-corrected chi connectivity index (χ2v) is 6.07. The van der Waals surface area contributed by atoms with Crippen LogP contribution in [0.3, 0.4) is 0 Å². The van der Waals surface area contributed by atoms with E-state index in [9.17, 15) is 9.59 Å². The number of hydrogen-bond acceptors (Lipinski definition) is 5. The monoisotopic (exact) mass is 381 g/mol. The normalized spacial score (nSPS) is 13.2. The summed E-state index contributed by atoms with van der Waals surface area (Å²) in [5.74, 6) is -0.174. The molecule has 25 heavy (non-hydrogen) atoms. The van der Waals surface area contributed by atoms with Crippen LogP contribution in [-0.4, -0.2) is 24.8 Å². The number of carbonyl (C=O) groups is 2. The molecular weight excluding hydrogens is 369 g/mol. The molecular formula is C17H13Cl2NO5. The van der Waals surface area contributed by atoms with Crippen LogP contribution in [0.5, 0.6) is 11.5 Å². The first-order valence-corrected chi connectivity index (χ1v) is 8.06. The number of anilines is 1. The molecule has 3 rings (SSSR count). The van der Waals surface area contributed by atoms with Crippen LogP contribution < -0.4 is 14.8 Å². The molecule has 0 bridgehead atoms. The van der Waals surface area contributed by atoms with E-state index < -0.39 is 18.0 Å². The van der Waals surface area contributed by atoms with Crippen molar-refractivity contribution >= 4 is 40.8 Å². The highest BCUT2D eigenvalue weighted by Gasteiger charge is 2.22. The lowest BCUT2D eigenvalue weighted by Gasteiger charge is -2.14. The van der Waals surface area contributed by atoms with Crippen LogP contribution in [0.25, 0.3) is 0 Å². The summed E-state index contributed by atoms with van der Waals surface area (Å²) in [4.78, 5) is 24.4. The molecule has 0 saturated carbocycles. The number of nitrogens with one attached hydrogen (secondary N) is 1. The molecule has 8 heteroatoms. The molecule has 2 aromatic rings. The van der Waals surface area contributed by atoms with Crippen molar-refractivity contribution in [2.45, 2.75) is 13.0 Å². The van der Waals surface area contributed by atoms with Crippen molar-refractivity contribution in [2.24, 2.45) is 0 Å². The van der Waals surface area contributed by atoms with E-state index >= 15 is 0 Å². The molecule has 0 fully saturated rings. The molecule has 0 aromatic heterocycles. The Morgan fingerprint density at radius 3 is 2.68 bits per heavy atom. The molecule has 1 aliphatic heterocycles. The van der Waals surface area contributed by atoms with Gasteiger partial charge in [0, 0.05) is 5.02 Å². The van der Waals surface area contributed by atoms with Crippen LogP contribution in [-0.2, 0) is 9.53 Å². The van der Waals surface area contributed by atoms with Gasteiger partial charge in [-0.2, -0.15) is 0 Å². The van der Waals surface area contributed by atoms with Crippen molar-refractivity contribution in [1.82, 2.24) is 0 Å². The van der Waals surface area contributed by atoms with Gasteiger partial charge in [0.05, 0.1) is 16.3 Å². The number of fused-ring (bicyclic) bond motifs is 1. The molecule has 0 radical (unpaired) electrons. The third-order valence-corrected chi connectivity index (χ3v) is 4.01. The second kappa shape index (κ2) is 7.21. The van der Waals surface area contributed by atoms with Crippen LogP contribution in [0.2, 0.25) is 10.0 Å². The summed E-state index contributed by atoms with van der Waals surface area (Å²) in [5, 5.41) is 3.32. The minimum absolute atomic E-state index is 0.104. The van der Waals surface area contributed by atoms with Crippen LogP contribution in [0, 0.1) is 0 Å². The van der Waals surface area contributed by atoms with Crippen LogP contribution in [0.4, 0.5) is 5.69 Å². The summed E-state index contributed by atoms with van der Waals surface area (Å²) in [6.45, 7) is 1.56. The molecule has 1 N–H and O–H groups in total. The van der Waals surface area contributed by atoms with E-state index in [1.165, 1.54) is 25.1 Å². The van der Waals surface area contributed by atoms with E-state index in [1.54, 1.807) is 18.2 Å². The zero-order chi connectivity index (χ0) is 18.0.